The number of rotatable bonds is 5. The van der Waals surface area contributed by atoms with Gasteiger partial charge in [0, 0.05) is 42.5 Å². The van der Waals surface area contributed by atoms with Crippen LogP contribution in [0.25, 0.3) is 0 Å². The highest BCUT2D eigenvalue weighted by Gasteiger charge is 2.27. The zero-order valence-corrected chi connectivity index (χ0v) is 19.9. The largest absolute Gasteiger partial charge is 0.444 e. The van der Waals surface area contributed by atoms with Crippen LogP contribution in [0.3, 0.4) is 0 Å². The molecule has 0 N–H and O–H groups in total. The van der Waals surface area contributed by atoms with E-state index in [0.717, 1.165) is 5.69 Å². The zero-order chi connectivity index (χ0) is 23.4. The van der Waals surface area contributed by atoms with Gasteiger partial charge in [-0.2, -0.15) is 13.5 Å². The molecular formula is C22H27ClN4O4S. The van der Waals surface area contributed by atoms with Gasteiger partial charge in [-0.15, -0.1) is 0 Å². The van der Waals surface area contributed by atoms with Crippen LogP contribution in [-0.2, 0) is 21.3 Å². The van der Waals surface area contributed by atoms with E-state index >= 15 is 0 Å². The van der Waals surface area contributed by atoms with E-state index in [1.54, 1.807) is 29.2 Å². The van der Waals surface area contributed by atoms with Crippen LogP contribution in [0.2, 0.25) is 5.02 Å². The standard InChI is InChI=1S/C22H27ClN4O4S/c1-22(2,3)31-21(28)27-14-12-26(13-15-27)20-11-7-10-19(23)18(20)16-24-25-32(29,30)17-8-5-4-6-9-17/h4-11H,12-16H2,1-3H3. The molecule has 10 heteroatoms. The van der Waals surface area contributed by atoms with E-state index in [0.29, 0.717) is 36.8 Å². The number of carbonyl (C=O) groups is 1. The average molecular weight is 479 g/mol. The summed E-state index contributed by atoms with van der Waals surface area (Å²) in [7, 11) is -3.87. The second-order valence-corrected chi connectivity index (χ2v) is 10.4. The lowest BCUT2D eigenvalue weighted by Gasteiger charge is -2.37. The summed E-state index contributed by atoms with van der Waals surface area (Å²) in [5, 5.41) is 4.41. The summed E-state index contributed by atoms with van der Waals surface area (Å²) in [6.07, 6.45) is -0.330. The Hall–Kier alpha value is -2.65. The Kier molecular flexibility index (Phi) is 7.40. The van der Waals surface area contributed by atoms with Crippen molar-refractivity contribution in [3.63, 3.8) is 0 Å². The molecule has 0 unspecified atom stereocenters. The molecule has 172 valence electrons. The summed E-state index contributed by atoms with van der Waals surface area (Å²) in [5.41, 5.74) is 0.990. The summed E-state index contributed by atoms with van der Waals surface area (Å²) >= 11 is 6.41. The van der Waals surface area contributed by atoms with Crippen molar-refractivity contribution in [1.82, 2.24) is 4.90 Å². The van der Waals surface area contributed by atoms with Crippen LogP contribution in [0.15, 0.2) is 63.1 Å². The molecule has 32 heavy (non-hydrogen) atoms. The number of nitrogens with zero attached hydrogens (tertiary/aromatic N) is 4. The van der Waals surface area contributed by atoms with E-state index in [1.165, 1.54) is 12.1 Å². The highest BCUT2D eigenvalue weighted by atomic mass is 35.5. The maximum absolute atomic E-state index is 12.3. The average Bonchev–Trinajstić information content (AvgIpc) is 2.74. The Balaban J connectivity index is 1.70. The number of anilines is 1. The molecule has 0 radical (unpaired) electrons. The van der Waals surface area contributed by atoms with Crippen LogP contribution in [0.5, 0.6) is 0 Å². The molecule has 0 aliphatic carbocycles. The maximum atomic E-state index is 12.3. The van der Waals surface area contributed by atoms with Gasteiger partial charge < -0.3 is 14.5 Å². The van der Waals surface area contributed by atoms with Crippen molar-refractivity contribution in [2.45, 2.75) is 37.8 Å². The first kappa shape index (κ1) is 24.0. The van der Waals surface area contributed by atoms with Gasteiger partial charge in [-0.3, -0.25) is 0 Å². The van der Waals surface area contributed by atoms with E-state index in [4.69, 9.17) is 16.3 Å². The molecule has 0 bridgehead atoms. The van der Waals surface area contributed by atoms with Gasteiger partial charge in [0.25, 0.3) is 10.0 Å². The minimum atomic E-state index is -3.87. The molecule has 1 saturated heterocycles. The number of hydrogen-bond acceptors (Lipinski definition) is 6. The second kappa shape index (κ2) is 9.87. The first-order valence-corrected chi connectivity index (χ1v) is 12.1. The number of sulfonamides is 1. The monoisotopic (exact) mass is 478 g/mol. The summed E-state index contributed by atoms with van der Waals surface area (Å²) in [4.78, 5) is 16.2. The van der Waals surface area contributed by atoms with Gasteiger partial charge in [-0.25, -0.2) is 4.79 Å². The third-order valence-corrected chi connectivity index (χ3v) is 6.35. The van der Waals surface area contributed by atoms with E-state index < -0.39 is 15.6 Å². The number of amides is 1. The molecular weight excluding hydrogens is 452 g/mol. The Bertz CT molecular complexity index is 1080. The van der Waals surface area contributed by atoms with Crippen LogP contribution in [0.4, 0.5) is 10.5 Å². The lowest BCUT2D eigenvalue weighted by molar-refractivity contribution is 0.0240. The minimum Gasteiger partial charge on any atom is -0.444 e. The fraction of sp³-hybridized carbons (Fsp3) is 0.409. The van der Waals surface area contributed by atoms with Crippen molar-refractivity contribution in [2.75, 3.05) is 31.1 Å². The lowest BCUT2D eigenvalue weighted by atomic mass is 10.1. The van der Waals surface area contributed by atoms with E-state index in [1.807, 2.05) is 32.9 Å². The topological polar surface area (TPSA) is 91.6 Å². The molecule has 1 fully saturated rings. The fourth-order valence-electron chi connectivity index (χ4n) is 3.27. The molecule has 1 heterocycles. The van der Waals surface area contributed by atoms with Gasteiger partial charge >= 0.3 is 6.09 Å². The molecule has 0 aromatic heterocycles. The number of halogens is 1. The smallest absolute Gasteiger partial charge is 0.410 e. The summed E-state index contributed by atoms with van der Waals surface area (Å²) in [5.74, 6) is 0. The Morgan fingerprint density at radius 1 is 1.03 bits per heavy atom. The van der Waals surface area contributed by atoms with E-state index in [9.17, 15) is 13.2 Å². The van der Waals surface area contributed by atoms with Gasteiger partial charge in [-0.05, 0) is 45.0 Å². The van der Waals surface area contributed by atoms with Crippen LogP contribution < -0.4 is 4.90 Å². The molecule has 8 nitrogen and oxygen atoms in total. The molecule has 0 saturated carbocycles. The van der Waals surface area contributed by atoms with Crippen molar-refractivity contribution in [2.24, 2.45) is 9.63 Å². The molecule has 3 rings (SSSR count). The van der Waals surface area contributed by atoms with E-state index in [-0.39, 0.29) is 17.5 Å². The van der Waals surface area contributed by atoms with Gasteiger partial charge in [-0.1, -0.05) is 40.4 Å². The third kappa shape index (κ3) is 6.20. The SMILES string of the molecule is CC(C)(C)OC(=O)N1CCN(c2cccc(Cl)c2CN=NS(=O)(=O)c2ccccc2)CC1. The summed E-state index contributed by atoms with van der Waals surface area (Å²) in [6, 6.07) is 13.4. The molecule has 0 spiro atoms. The van der Waals surface area contributed by atoms with Crippen LogP contribution in [0.1, 0.15) is 26.3 Å². The molecule has 0 atom stereocenters. The molecule has 2 aromatic carbocycles. The Morgan fingerprint density at radius 2 is 1.69 bits per heavy atom. The zero-order valence-electron chi connectivity index (χ0n) is 18.4. The number of carbonyl (C=O) groups excluding carboxylic acids is 1. The highest BCUT2D eigenvalue weighted by molar-refractivity contribution is 7.90. The van der Waals surface area contributed by atoms with Crippen molar-refractivity contribution in [1.29, 1.82) is 0 Å². The Morgan fingerprint density at radius 3 is 2.31 bits per heavy atom. The molecule has 1 aliphatic rings. The lowest BCUT2D eigenvalue weighted by Crippen LogP contribution is -2.50. The van der Waals surface area contributed by atoms with Crippen molar-refractivity contribution in [3.05, 3.63) is 59.1 Å². The number of ether oxygens (including phenoxy) is 1. The Labute approximate surface area is 193 Å². The molecule has 1 amide bonds. The summed E-state index contributed by atoms with van der Waals surface area (Å²) in [6.45, 7) is 7.73. The van der Waals surface area contributed by atoms with E-state index in [2.05, 4.69) is 14.5 Å². The highest BCUT2D eigenvalue weighted by Crippen LogP contribution is 2.30. The van der Waals surface area contributed by atoms with Gasteiger partial charge in [0.05, 0.1) is 11.4 Å². The van der Waals surface area contributed by atoms with Crippen LogP contribution in [-0.4, -0.2) is 51.2 Å². The molecule has 1 aliphatic heterocycles. The second-order valence-electron chi connectivity index (χ2n) is 8.36. The van der Waals surface area contributed by atoms with Crippen molar-refractivity contribution in [3.8, 4) is 0 Å². The predicted molar refractivity (Wildman–Crippen MR) is 124 cm³/mol. The van der Waals surface area contributed by atoms with Crippen molar-refractivity contribution < 1.29 is 17.9 Å². The third-order valence-electron chi connectivity index (χ3n) is 4.80. The summed E-state index contributed by atoms with van der Waals surface area (Å²) < 4.78 is 33.7. The van der Waals surface area contributed by atoms with Crippen LogP contribution >= 0.6 is 11.6 Å². The van der Waals surface area contributed by atoms with Gasteiger partial charge in [0.15, 0.2) is 0 Å². The molecule has 2 aromatic rings. The fourth-order valence-corrected chi connectivity index (χ4v) is 4.31. The van der Waals surface area contributed by atoms with Gasteiger partial charge in [0.2, 0.25) is 0 Å². The quantitative estimate of drug-likeness (QED) is 0.579. The maximum Gasteiger partial charge on any atom is 0.410 e. The van der Waals surface area contributed by atoms with Gasteiger partial charge in [0.1, 0.15) is 5.60 Å². The first-order valence-electron chi connectivity index (χ1n) is 10.3. The predicted octanol–water partition coefficient (Wildman–Crippen LogP) is 4.74. The first-order chi connectivity index (χ1) is 15.1. The number of piperazine rings is 1. The van der Waals surface area contributed by atoms with Crippen LogP contribution in [0, 0.1) is 0 Å². The normalized spacial score (nSPS) is 15.2. The number of hydrogen-bond donors (Lipinski definition) is 0. The number of benzene rings is 2. The van der Waals surface area contributed by atoms with Crippen molar-refractivity contribution >= 4 is 33.4 Å². The minimum absolute atomic E-state index is 0.0212.